The molecule has 42 heavy (non-hydrogen) atoms. The molecule has 216 valence electrons. The quantitative estimate of drug-likeness (QED) is 0.268. The van der Waals surface area contributed by atoms with Gasteiger partial charge in [-0.15, -0.1) is 0 Å². The standard InChI is InChI=1S/C32H30Cl2FN5O2/c1-32(31(42)37-20-5-2-4-19(33)15-20)27(21-6-3-7-22(34)28(21)35)26-24(40(32)16-17-8-9-17)12-13-39-25-14-18(29(36)41)10-11-23(25)38-30(26)39/h2-7,10-11,14-15,17,24,26-27H,8-9,12-13,16H2,1H3,(H2,36,41)(H,37,42)/t24-,26+,27-,32+/m0/s1. The van der Waals surface area contributed by atoms with Crippen molar-refractivity contribution in [1.29, 1.82) is 0 Å². The molecule has 3 aliphatic rings. The van der Waals surface area contributed by atoms with Crippen LogP contribution in [-0.2, 0) is 11.3 Å². The number of nitrogens with zero attached hydrogens (tertiary/aromatic N) is 3. The van der Waals surface area contributed by atoms with E-state index in [1.165, 1.54) is 6.07 Å². The zero-order valence-corrected chi connectivity index (χ0v) is 24.5. The van der Waals surface area contributed by atoms with Gasteiger partial charge in [0.15, 0.2) is 0 Å². The second kappa shape index (κ2) is 10.1. The number of imidazole rings is 1. The molecule has 0 bridgehead atoms. The Morgan fingerprint density at radius 3 is 2.62 bits per heavy atom. The van der Waals surface area contributed by atoms with Gasteiger partial charge in [-0.25, -0.2) is 9.37 Å². The van der Waals surface area contributed by atoms with Gasteiger partial charge in [-0.1, -0.05) is 41.4 Å². The molecule has 0 radical (unpaired) electrons. The number of likely N-dealkylation sites (tertiary alicyclic amines) is 1. The molecule has 10 heteroatoms. The number of rotatable bonds is 6. The highest BCUT2D eigenvalue weighted by Gasteiger charge is 2.63. The van der Waals surface area contributed by atoms with E-state index in [0.29, 0.717) is 34.3 Å². The highest BCUT2D eigenvalue weighted by molar-refractivity contribution is 6.31. The predicted octanol–water partition coefficient (Wildman–Crippen LogP) is 6.34. The first-order valence-electron chi connectivity index (χ1n) is 14.2. The van der Waals surface area contributed by atoms with Crippen LogP contribution in [0, 0.1) is 11.7 Å². The van der Waals surface area contributed by atoms with Crippen molar-refractivity contribution in [1.82, 2.24) is 14.5 Å². The van der Waals surface area contributed by atoms with Gasteiger partial charge in [0.25, 0.3) is 0 Å². The van der Waals surface area contributed by atoms with Gasteiger partial charge >= 0.3 is 0 Å². The molecular weight excluding hydrogens is 576 g/mol. The predicted molar refractivity (Wildman–Crippen MR) is 161 cm³/mol. The number of hydrogen-bond acceptors (Lipinski definition) is 4. The van der Waals surface area contributed by atoms with Crippen LogP contribution in [0.15, 0.2) is 60.7 Å². The van der Waals surface area contributed by atoms with Crippen LogP contribution in [0.3, 0.4) is 0 Å². The minimum Gasteiger partial charge on any atom is -0.366 e. The maximum absolute atomic E-state index is 16.0. The number of primary amides is 1. The van der Waals surface area contributed by atoms with Crippen molar-refractivity contribution < 1.29 is 14.0 Å². The monoisotopic (exact) mass is 605 g/mol. The number of halogens is 3. The number of nitrogens with one attached hydrogen (secondary N) is 1. The Kier molecular flexibility index (Phi) is 6.57. The van der Waals surface area contributed by atoms with Crippen LogP contribution in [0.4, 0.5) is 10.1 Å². The van der Waals surface area contributed by atoms with E-state index in [-0.39, 0.29) is 22.9 Å². The second-order valence-electron chi connectivity index (χ2n) is 11.9. The minimum atomic E-state index is -1.14. The Morgan fingerprint density at radius 1 is 1.10 bits per heavy atom. The van der Waals surface area contributed by atoms with Gasteiger partial charge in [0.2, 0.25) is 11.8 Å². The summed E-state index contributed by atoms with van der Waals surface area (Å²) >= 11 is 12.6. The van der Waals surface area contributed by atoms with E-state index in [2.05, 4.69) is 14.8 Å². The Morgan fingerprint density at radius 2 is 1.88 bits per heavy atom. The summed E-state index contributed by atoms with van der Waals surface area (Å²) in [4.78, 5) is 33.9. The maximum atomic E-state index is 16.0. The van der Waals surface area contributed by atoms with E-state index in [4.69, 9.17) is 33.9 Å². The summed E-state index contributed by atoms with van der Waals surface area (Å²) in [7, 11) is 0. The van der Waals surface area contributed by atoms with Gasteiger partial charge in [-0.05, 0) is 80.1 Å². The van der Waals surface area contributed by atoms with Crippen LogP contribution in [0.1, 0.15) is 59.8 Å². The first-order valence-corrected chi connectivity index (χ1v) is 15.0. The normalized spacial score (nSPS) is 25.3. The van der Waals surface area contributed by atoms with Gasteiger partial charge in [0.05, 0.1) is 16.1 Å². The third-order valence-electron chi connectivity index (χ3n) is 9.40. The molecule has 7 nitrogen and oxygen atoms in total. The fourth-order valence-corrected chi connectivity index (χ4v) is 7.62. The van der Waals surface area contributed by atoms with Crippen molar-refractivity contribution in [3.63, 3.8) is 0 Å². The SMILES string of the molecule is C[C@]1(C(=O)Nc2cccc(Cl)c2)[C@@H](c2cccc(Cl)c2F)[C@@H]2c3nc4ccc(C(N)=O)cc4n3CC[C@@H]2N1CC1CC1. The molecule has 0 unspecified atom stereocenters. The Labute approximate surface area is 252 Å². The number of carbonyl (C=O) groups is 2. The van der Waals surface area contributed by atoms with Crippen LogP contribution in [0.25, 0.3) is 11.0 Å². The van der Waals surface area contributed by atoms with Gasteiger partial charge in [-0.3, -0.25) is 14.5 Å². The van der Waals surface area contributed by atoms with Crippen molar-refractivity contribution in [3.8, 4) is 0 Å². The number of hydrogen-bond donors (Lipinski definition) is 2. The summed E-state index contributed by atoms with van der Waals surface area (Å²) < 4.78 is 18.2. The minimum absolute atomic E-state index is 0.0118. The Balaban J connectivity index is 1.43. The lowest BCUT2D eigenvalue weighted by atomic mass is 9.73. The summed E-state index contributed by atoms with van der Waals surface area (Å²) in [5.74, 6) is -0.944. The fraction of sp³-hybridized carbons (Fsp3) is 0.344. The first kappa shape index (κ1) is 27.4. The molecule has 7 rings (SSSR count). The van der Waals surface area contributed by atoms with Gasteiger partial charge < -0.3 is 15.6 Å². The lowest BCUT2D eigenvalue weighted by Gasteiger charge is -2.40. The summed E-state index contributed by atoms with van der Waals surface area (Å²) in [5.41, 5.74) is 7.35. The van der Waals surface area contributed by atoms with E-state index >= 15 is 4.39 Å². The van der Waals surface area contributed by atoms with Gasteiger partial charge in [0.1, 0.15) is 17.2 Å². The molecular formula is C32H30Cl2FN5O2. The van der Waals surface area contributed by atoms with Crippen LogP contribution in [0.2, 0.25) is 10.0 Å². The third-order valence-corrected chi connectivity index (χ3v) is 9.92. The van der Waals surface area contributed by atoms with Gasteiger partial charge in [-0.2, -0.15) is 0 Å². The Bertz CT molecular complexity index is 1750. The summed E-state index contributed by atoms with van der Waals surface area (Å²) in [6, 6.07) is 17.2. The van der Waals surface area contributed by atoms with Crippen molar-refractivity contribution in [3.05, 3.63) is 93.5 Å². The number of aromatic nitrogens is 2. The fourth-order valence-electron chi connectivity index (χ4n) is 7.25. The van der Waals surface area contributed by atoms with Gasteiger partial charge in [0, 0.05) is 47.2 Å². The van der Waals surface area contributed by atoms with E-state index in [1.54, 1.807) is 54.6 Å². The lowest BCUT2D eigenvalue weighted by molar-refractivity contribution is -0.127. The van der Waals surface area contributed by atoms with Crippen molar-refractivity contribution >= 4 is 51.7 Å². The number of anilines is 1. The molecule has 1 saturated heterocycles. The molecule has 2 fully saturated rings. The molecule has 1 saturated carbocycles. The number of fused-ring (bicyclic) bond motifs is 5. The van der Waals surface area contributed by atoms with E-state index < -0.39 is 23.2 Å². The highest BCUT2D eigenvalue weighted by atomic mass is 35.5. The zero-order chi connectivity index (χ0) is 29.3. The van der Waals surface area contributed by atoms with Crippen LogP contribution >= 0.6 is 23.2 Å². The maximum Gasteiger partial charge on any atom is 0.248 e. The zero-order valence-electron chi connectivity index (χ0n) is 23.0. The highest BCUT2D eigenvalue weighted by Crippen LogP contribution is 2.58. The Hall–Kier alpha value is -3.46. The molecule has 3 aromatic carbocycles. The number of benzene rings is 3. The molecule has 2 aliphatic heterocycles. The van der Waals surface area contributed by atoms with Crippen LogP contribution < -0.4 is 11.1 Å². The average Bonchev–Trinajstić information content (AvgIpc) is 3.65. The molecule has 0 spiro atoms. The smallest absolute Gasteiger partial charge is 0.248 e. The molecule has 3 heterocycles. The summed E-state index contributed by atoms with van der Waals surface area (Å²) in [6.07, 6.45) is 2.93. The number of aryl methyl sites for hydroxylation is 1. The summed E-state index contributed by atoms with van der Waals surface area (Å²) in [5, 5.41) is 3.62. The van der Waals surface area contributed by atoms with E-state index in [1.807, 2.05) is 6.92 Å². The van der Waals surface area contributed by atoms with Crippen molar-refractivity contribution in [2.75, 3.05) is 11.9 Å². The molecule has 2 amide bonds. The van der Waals surface area contributed by atoms with Crippen molar-refractivity contribution in [2.45, 2.75) is 56.1 Å². The second-order valence-corrected chi connectivity index (χ2v) is 12.7. The topological polar surface area (TPSA) is 93.3 Å². The number of amides is 2. The lowest BCUT2D eigenvalue weighted by Crippen LogP contribution is -2.56. The van der Waals surface area contributed by atoms with Crippen molar-refractivity contribution in [2.24, 2.45) is 11.7 Å². The van der Waals surface area contributed by atoms with E-state index in [9.17, 15) is 9.59 Å². The molecule has 4 aromatic rings. The third kappa shape index (κ3) is 4.31. The average molecular weight is 607 g/mol. The first-order chi connectivity index (χ1) is 20.2. The number of nitrogens with two attached hydrogens (primary N) is 1. The van der Waals surface area contributed by atoms with Crippen LogP contribution in [0.5, 0.6) is 0 Å². The molecule has 3 N–H and O–H groups in total. The molecule has 1 aromatic heterocycles. The molecule has 1 aliphatic carbocycles. The number of carbonyl (C=O) groups excluding carboxylic acids is 2. The summed E-state index contributed by atoms with van der Waals surface area (Å²) in [6.45, 7) is 3.30. The molecule has 4 atom stereocenters. The largest absolute Gasteiger partial charge is 0.366 e. The van der Waals surface area contributed by atoms with Crippen LogP contribution in [-0.4, -0.2) is 44.4 Å². The van der Waals surface area contributed by atoms with E-state index in [0.717, 1.165) is 42.7 Å².